The molecule has 3 aromatic rings. The van der Waals surface area contributed by atoms with E-state index in [1.807, 2.05) is 0 Å². The normalized spacial score (nSPS) is 15.0. The van der Waals surface area contributed by atoms with Crippen LogP contribution in [0.2, 0.25) is 0 Å². The molecule has 7 nitrogen and oxygen atoms in total. The molecule has 1 amide bonds. The number of hydrogen-bond acceptors (Lipinski definition) is 5. The zero-order valence-electron chi connectivity index (χ0n) is 12.6. The number of amides is 1. The van der Waals surface area contributed by atoms with Crippen LogP contribution in [0.3, 0.4) is 0 Å². The van der Waals surface area contributed by atoms with Crippen molar-refractivity contribution >= 4 is 11.7 Å². The zero-order valence-corrected chi connectivity index (χ0v) is 12.6. The number of hydrogen-bond donors (Lipinski definition) is 1. The van der Waals surface area contributed by atoms with Crippen molar-refractivity contribution in [1.29, 1.82) is 0 Å². The van der Waals surface area contributed by atoms with E-state index in [1.165, 1.54) is 23.0 Å². The maximum absolute atomic E-state index is 14.0. The number of nitrogens with zero attached hydrogens (tertiary/aromatic N) is 5. The van der Waals surface area contributed by atoms with Gasteiger partial charge in [-0.3, -0.25) is 9.78 Å². The van der Waals surface area contributed by atoms with Crippen LogP contribution in [-0.2, 0) is 10.2 Å². The average Bonchev–Trinajstić information content (AvgIpc) is 3.29. The van der Waals surface area contributed by atoms with Crippen molar-refractivity contribution in [3.05, 3.63) is 60.4 Å². The second-order valence-electron chi connectivity index (χ2n) is 5.60. The first-order valence-corrected chi connectivity index (χ1v) is 7.45. The summed E-state index contributed by atoms with van der Waals surface area (Å²) in [4.78, 5) is 16.6. The van der Waals surface area contributed by atoms with Gasteiger partial charge in [0.2, 0.25) is 5.91 Å². The third-order valence-corrected chi connectivity index (χ3v) is 4.02. The van der Waals surface area contributed by atoms with Gasteiger partial charge >= 0.3 is 0 Å². The summed E-state index contributed by atoms with van der Waals surface area (Å²) in [5.41, 5.74) is -0.711. The third kappa shape index (κ3) is 2.41. The fourth-order valence-corrected chi connectivity index (χ4v) is 2.60. The Kier molecular flexibility index (Phi) is 3.30. The van der Waals surface area contributed by atoms with Gasteiger partial charge in [-0.2, -0.15) is 5.10 Å². The molecule has 8 heteroatoms. The summed E-state index contributed by atoms with van der Waals surface area (Å²) in [6, 6.07) is 7.97. The van der Waals surface area contributed by atoms with Crippen LogP contribution in [0.5, 0.6) is 0 Å². The summed E-state index contributed by atoms with van der Waals surface area (Å²) in [5.74, 6) is 0.142. The Labute approximate surface area is 136 Å². The Hall–Kier alpha value is -3.16. The molecular weight excluding hydrogens is 311 g/mol. The maximum atomic E-state index is 14.0. The Bertz CT molecular complexity index is 890. The molecule has 1 aliphatic carbocycles. The van der Waals surface area contributed by atoms with Gasteiger partial charge in [0.1, 0.15) is 5.82 Å². The average molecular weight is 324 g/mol. The van der Waals surface area contributed by atoms with E-state index in [2.05, 4.69) is 25.6 Å². The van der Waals surface area contributed by atoms with Gasteiger partial charge in [0.15, 0.2) is 11.6 Å². The van der Waals surface area contributed by atoms with Crippen molar-refractivity contribution in [2.24, 2.45) is 0 Å². The second-order valence-corrected chi connectivity index (χ2v) is 5.60. The molecule has 0 aromatic carbocycles. The summed E-state index contributed by atoms with van der Waals surface area (Å²) < 4.78 is 15.5. The summed E-state index contributed by atoms with van der Waals surface area (Å²) >= 11 is 0. The fraction of sp³-hybridized carbons (Fsp3) is 0.188. The number of carbonyl (C=O) groups is 1. The lowest BCUT2D eigenvalue weighted by molar-refractivity contribution is -0.118. The van der Waals surface area contributed by atoms with E-state index < -0.39 is 11.2 Å². The van der Waals surface area contributed by atoms with E-state index in [4.69, 9.17) is 0 Å². The first-order valence-electron chi connectivity index (χ1n) is 7.45. The molecular formula is C16H13FN6O. The number of carbonyl (C=O) groups excluding carboxylic acids is 1. The molecule has 1 aliphatic rings. The van der Waals surface area contributed by atoms with Gasteiger partial charge in [-0.25, -0.2) is 9.07 Å². The lowest BCUT2D eigenvalue weighted by Crippen LogP contribution is -2.29. The molecule has 0 unspecified atom stereocenters. The van der Waals surface area contributed by atoms with Gasteiger partial charge in [0.25, 0.3) is 0 Å². The van der Waals surface area contributed by atoms with Crippen molar-refractivity contribution < 1.29 is 9.18 Å². The van der Waals surface area contributed by atoms with Gasteiger partial charge in [0.05, 0.1) is 11.1 Å². The van der Waals surface area contributed by atoms with Crippen LogP contribution in [0.1, 0.15) is 18.5 Å². The Morgan fingerprint density at radius 3 is 2.75 bits per heavy atom. The van der Waals surface area contributed by atoms with E-state index in [9.17, 15) is 9.18 Å². The lowest BCUT2D eigenvalue weighted by atomic mass is 10.00. The molecule has 0 radical (unpaired) electrons. The number of halogens is 1. The minimum absolute atomic E-state index is 0.191. The van der Waals surface area contributed by atoms with Gasteiger partial charge in [-0.1, -0.05) is 0 Å². The standard InChI is InChI=1S/C16H13FN6O/c17-11-3-1-8-18-14(11)16(6-7-16)15(24)20-12-5-10-23(22-12)13-4-2-9-19-21-13/h1-5,8-10H,6-7H2,(H,20,22,24). The third-order valence-electron chi connectivity index (χ3n) is 4.02. The number of nitrogens with one attached hydrogen (secondary N) is 1. The Morgan fingerprint density at radius 1 is 1.21 bits per heavy atom. The number of rotatable bonds is 4. The smallest absolute Gasteiger partial charge is 0.237 e. The van der Waals surface area contributed by atoms with E-state index in [0.29, 0.717) is 24.5 Å². The first-order chi connectivity index (χ1) is 11.7. The lowest BCUT2D eigenvalue weighted by Gasteiger charge is -2.14. The van der Waals surface area contributed by atoms with Gasteiger partial charge in [-0.15, -0.1) is 10.2 Å². The van der Waals surface area contributed by atoms with Crippen molar-refractivity contribution in [2.75, 3.05) is 5.32 Å². The van der Waals surface area contributed by atoms with Crippen molar-refractivity contribution in [1.82, 2.24) is 25.0 Å². The highest BCUT2D eigenvalue weighted by molar-refractivity contribution is 6.00. The predicted octanol–water partition coefficient (Wildman–Crippen LogP) is 1.87. The molecule has 0 aliphatic heterocycles. The summed E-state index contributed by atoms with van der Waals surface area (Å²) in [6.07, 6.45) is 5.86. The highest BCUT2D eigenvalue weighted by Crippen LogP contribution is 2.48. The molecule has 0 spiro atoms. The molecule has 3 heterocycles. The van der Waals surface area contributed by atoms with Gasteiger partial charge < -0.3 is 5.32 Å². The van der Waals surface area contributed by atoms with Crippen molar-refractivity contribution in [3.8, 4) is 5.82 Å². The molecule has 4 rings (SSSR count). The van der Waals surface area contributed by atoms with E-state index in [-0.39, 0.29) is 11.6 Å². The molecule has 120 valence electrons. The minimum Gasteiger partial charge on any atom is -0.308 e. The highest BCUT2D eigenvalue weighted by atomic mass is 19.1. The van der Waals surface area contributed by atoms with Crippen molar-refractivity contribution in [3.63, 3.8) is 0 Å². The topological polar surface area (TPSA) is 85.6 Å². The number of pyridine rings is 1. The highest BCUT2D eigenvalue weighted by Gasteiger charge is 2.54. The SMILES string of the molecule is O=C(Nc1ccn(-c2cccnn2)n1)C1(c2ncccc2F)CC1. The molecule has 0 saturated heterocycles. The molecule has 1 N–H and O–H groups in total. The molecule has 0 bridgehead atoms. The van der Waals surface area contributed by atoms with Crippen molar-refractivity contribution in [2.45, 2.75) is 18.3 Å². The fourth-order valence-electron chi connectivity index (χ4n) is 2.60. The van der Waals surface area contributed by atoms with Crippen LogP contribution in [0.15, 0.2) is 48.9 Å². The largest absolute Gasteiger partial charge is 0.308 e. The molecule has 1 saturated carbocycles. The van der Waals surface area contributed by atoms with Gasteiger partial charge in [-0.05, 0) is 37.1 Å². The van der Waals surface area contributed by atoms with E-state index in [0.717, 1.165) is 0 Å². The molecule has 24 heavy (non-hydrogen) atoms. The molecule has 1 fully saturated rings. The van der Waals surface area contributed by atoms with Crippen LogP contribution >= 0.6 is 0 Å². The van der Waals surface area contributed by atoms with Gasteiger partial charge in [0, 0.05) is 24.7 Å². The maximum Gasteiger partial charge on any atom is 0.237 e. The van der Waals surface area contributed by atoms with Crippen LogP contribution in [0.25, 0.3) is 5.82 Å². The van der Waals surface area contributed by atoms with Crippen LogP contribution in [-0.4, -0.2) is 30.9 Å². The van der Waals surface area contributed by atoms with E-state index in [1.54, 1.807) is 30.6 Å². The number of anilines is 1. The zero-order chi connectivity index (χ0) is 16.6. The summed E-state index contributed by atoms with van der Waals surface area (Å²) in [7, 11) is 0. The van der Waals surface area contributed by atoms with Crippen LogP contribution in [0.4, 0.5) is 10.2 Å². The van der Waals surface area contributed by atoms with E-state index >= 15 is 0 Å². The monoisotopic (exact) mass is 324 g/mol. The number of aromatic nitrogens is 5. The molecule has 3 aromatic heterocycles. The summed E-state index contributed by atoms with van der Waals surface area (Å²) in [5, 5.41) is 14.7. The predicted molar refractivity (Wildman–Crippen MR) is 82.9 cm³/mol. The molecule has 0 atom stereocenters. The Morgan fingerprint density at radius 2 is 2.04 bits per heavy atom. The quantitative estimate of drug-likeness (QED) is 0.792. The second kappa shape index (κ2) is 5.48. The Balaban J connectivity index is 1.55. The summed E-state index contributed by atoms with van der Waals surface area (Å²) in [6.45, 7) is 0. The van der Waals surface area contributed by atoms with Crippen LogP contribution in [0, 0.1) is 5.82 Å². The minimum atomic E-state index is -0.901. The van der Waals surface area contributed by atoms with Crippen LogP contribution < -0.4 is 5.32 Å². The first kappa shape index (κ1) is 14.4.